The fourth-order valence-corrected chi connectivity index (χ4v) is 2.22. The summed E-state index contributed by atoms with van der Waals surface area (Å²) in [6, 6.07) is 9.05. The van der Waals surface area contributed by atoms with Gasteiger partial charge in [0.1, 0.15) is 6.04 Å². The largest absolute Gasteiger partial charge is 0.340 e. The van der Waals surface area contributed by atoms with Crippen molar-refractivity contribution in [2.75, 3.05) is 11.4 Å². The van der Waals surface area contributed by atoms with Crippen molar-refractivity contribution in [1.82, 2.24) is 5.32 Å². The molecule has 1 heterocycles. The third-order valence-corrected chi connectivity index (χ3v) is 3.39. The highest BCUT2D eigenvalue weighted by molar-refractivity contribution is 6.00. The van der Waals surface area contributed by atoms with E-state index in [1.165, 1.54) is 0 Å². The maximum Gasteiger partial charge on any atom is 0.227 e. The van der Waals surface area contributed by atoms with Crippen LogP contribution in [-0.4, -0.2) is 24.4 Å². The number of amides is 2. The summed E-state index contributed by atoms with van der Waals surface area (Å²) in [5.41, 5.74) is 1.93. The van der Waals surface area contributed by atoms with Gasteiger partial charge in [0, 0.05) is 18.7 Å². The Balaban J connectivity index is 2.06. The Labute approximate surface area is 118 Å². The predicted molar refractivity (Wildman–Crippen MR) is 74.9 cm³/mol. The van der Waals surface area contributed by atoms with Crippen LogP contribution in [0.25, 0.3) is 0 Å². The van der Waals surface area contributed by atoms with Crippen molar-refractivity contribution in [2.24, 2.45) is 5.92 Å². The van der Waals surface area contributed by atoms with Gasteiger partial charge in [-0.15, -0.1) is 0 Å². The number of nitrogens with one attached hydrogen (secondary N) is 1. The summed E-state index contributed by atoms with van der Waals surface area (Å²) in [7, 11) is 0. The quantitative estimate of drug-likeness (QED) is 0.902. The minimum atomic E-state index is -0.536. The van der Waals surface area contributed by atoms with E-state index in [1.54, 1.807) is 11.8 Å². The van der Waals surface area contributed by atoms with E-state index in [1.807, 2.05) is 37.3 Å². The second-order valence-electron chi connectivity index (χ2n) is 5.10. The normalized spacial score (nSPS) is 19.6. The summed E-state index contributed by atoms with van der Waals surface area (Å²) < 4.78 is 0. The van der Waals surface area contributed by atoms with E-state index in [0.29, 0.717) is 6.54 Å². The number of hydrogen-bond donors (Lipinski definition) is 1. The molecule has 20 heavy (non-hydrogen) atoms. The van der Waals surface area contributed by atoms with Crippen LogP contribution in [0.3, 0.4) is 0 Å². The van der Waals surface area contributed by atoms with Gasteiger partial charge in [-0.1, -0.05) is 17.7 Å². The van der Waals surface area contributed by atoms with Crippen LogP contribution in [0.4, 0.5) is 5.69 Å². The Kier molecular flexibility index (Phi) is 4.04. The number of nitriles is 1. The summed E-state index contributed by atoms with van der Waals surface area (Å²) in [5, 5.41) is 11.3. The average Bonchev–Trinajstić information content (AvgIpc) is 2.81. The van der Waals surface area contributed by atoms with E-state index in [4.69, 9.17) is 5.26 Å². The minimum absolute atomic E-state index is 0.0568. The van der Waals surface area contributed by atoms with E-state index < -0.39 is 6.04 Å². The molecule has 5 heteroatoms. The van der Waals surface area contributed by atoms with Crippen molar-refractivity contribution < 1.29 is 9.59 Å². The van der Waals surface area contributed by atoms with E-state index >= 15 is 0 Å². The van der Waals surface area contributed by atoms with E-state index in [-0.39, 0.29) is 24.2 Å². The number of rotatable bonds is 3. The molecule has 2 amide bonds. The monoisotopic (exact) mass is 271 g/mol. The van der Waals surface area contributed by atoms with Crippen LogP contribution in [-0.2, 0) is 9.59 Å². The van der Waals surface area contributed by atoms with Crippen LogP contribution in [0.5, 0.6) is 0 Å². The molecule has 0 spiro atoms. The molecule has 0 saturated carbocycles. The zero-order chi connectivity index (χ0) is 14.7. The van der Waals surface area contributed by atoms with Crippen LogP contribution in [0.1, 0.15) is 18.9 Å². The summed E-state index contributed by atoms with van der Waals surface area (Å²) in [6.45, 7) is 3.97. The lowest BCUT2D eigenvalue weighted by Gasteiger charge is -2.17. The lowest BCUT2D eigenvalue weighted by molar-refractivity contribution is -0.126. The van der Waals surface area contributed by atoms with Crippen LogP contribution < -0.4 is 10.2 Å². The lowest BCUT2D eigenvalue weighted by Crippen LogP contribution is -2.37. The fourth-order valence-electron chi connectivity index (χ4n) is 2.22. The highest BCUT2D eigenvalue weighted by Crippen LogP contribution is 2.25. The number of hydrogen-bond acceptors (Lipinski definition) is 3. The van der Waals surface area contributed by atoms with Crippen molar-refractivity contribution in [1.29, 1.82) is 5.26 Å². The summed E-state index contributed by atoms with van der Waals surface area (Å²) in [5.74, 6) is -0.680. The molecule has 0 unspecified atom stereocenters. The number of carbonyl (C=O) groups excluding carboxylic acids is 2. The third kappa shape index (κ3) is 2.97. The average molecular weight is 271 g/mol. The van der Waals surface area contributed by atoms with Gasteiger partial charge < -0.3 is 10.2 Å². The second-order valence-corrected chi connectivity index (χ2v) is 5.10. The molecule has 0 aliphatic carbocycles. The first-order valence-corrected chi connectivity index (χ1v) is 6.58. The van der Waals surface area contributed by atoms with Gasteiger partial charge in [-0.2, -0.15) is 5.26 Å². The van der Waals surface area contributed by atoms with E-state index in [9.17, 15) is 9.59 Å². The molecule has 104 valence electrons. The first kappa shape index (κ1) is 14.1. The molecular weight excluding hydrogens is 254 g/mol. The molecule has 1 aromatic rings. The van der Waals surface area contributed by atoms with Crippen molar-refractivity contribution in [3.8, 4) is 6.07 Å². The first-order valence-electron chi connectivity index (χ1n) is 6.58. The van der Waals surface area contributed by atoms with Crippen LogP contribution in [0.15, 0.2) is 24.3 Å². The predicted octanol–water partition coefficient (Wildman–Crippen LogP) is 1.38. The van der Waals surface area contributed by atoms with Crippen molar-refractivity contribution in [3.63, 3.8) is 0 Å². The van der Waals surface area contributed by atoms with Gasteiger partial charge in [-0.25, -0.2) is 0 Å². The Morgan fingerprint density at radius 3 is 2.70 bits per heavy atom. The summed E-state index contributed by atoms with van der Waals surface area (Å²) in [4.78, 5) is 25.6. The Morgan fingerprint density at radius 2 is 2.10 bits per heavy atom. The Hall–Kier alpha value is -2.35. The number of carbonyl (C=O) groups is 2. The number of benzene rings is 1. The van der Waals surface area contributed by atoms with Crippen LogP contribution >= 0.6 is 0 Å². The van der Waals surface area contributed by atoms with Crippen molar-refractivity contribution in [2.45, 2.75) is 26.3 Å². The van der Waals surface area contributed by atoms with Gasteiger partial charge in [-0.3, -0.25) is 9.59 Å². The van der Waals surface area contributed by atoms with E-state index in [0.717, 1.165) is 11.3 Å². The van der Waals surface area contributed by atoms with Gasteiger partial charge in [0.05, 0.1) is 12.0 Å². The first-order chi connectivity index (χ1) is 9.51. The van der Waals surface area contributed by atoms with Gasteiger partial charge in [-0.05, 0) is 26.0 Å². The number of nitrogens with zero attached hydrogens (tertiary/aromatic N) is 2. The zero-order valence-corrected chi connectivity index (χ0v) is 11.6. The van der Waals surface area contributed by atoms with Gasteiger partial charge in [0.25, 0.3) is 0 Å². The molecular formula is C15H17N3O2. The molecule has 1 aliphatic rings. The molecule has 0 aromatic heterocycles. The van der Waals surface area contributed by atoms with E-state index in [2.05, 4.69) is 5.32 Å². The second kappa shape index (κ2) is 5.74. The molecule has 5 nitrogen and oxygen atoms in total. The highest BCUT2D eigenvalue weighted by Gasteiger charge is 2.35. The number of aryl methyl sites for hydroxylation is 1. The summed E-state index contributed by atoms with van der Waals surface area (Å²) in [6.07, 6.45) is 0.192. The zero-order valence-electron chi connectivity index (χ0n) is 11.6. The van der Waals surface area contributed by atoms with Gasteiger partial charge >= 0.3 is 0 Å². The maximum atomic E-state index is 12.0. The molecule has 2 rings (SSSR count). The van der Waals surface area contributed by atoms with Crippen LogP contribution in [0.2, 0.25) is 0 Å². The molecule has 1 aliphatic heterocycles. The van der Waals surface area contributed by atoms with Crippen molar-refractivity contribution >= 4 is 17.5 Å². The standard InChI is InChI=1S/C15H17N3O2/c1-10-3-5-13(6-4-10)18-9-12(7-14(18)19)15(20)17-11(2)8-16/h3-6,11-12H,7,9H2,1-2H3,(H,17,20)/t11-,12-/m0/s1. The fraction of sp³-hybridized carbons (Fsp3) is 0.400. The topological polar surface area (TPSA) is 73.2 Å². The molecule has 1 saturated heterocycles. The Morgan fingerprint density at radius 1 is 1.45 bits per heavy atom. The maximum absolute atomic E-state index is 12.0. The molecule has 1 N–H and O–H groups in total. The minimum Gasteiger partial charge on any atom is -0.340 e. The highest BCUT2D eigenvalue weighted by atomic mass is 16.2. The van der Waals surface area contributed by atoms with Crippen LogP contribution in [0, 0.1) is 24.2 Å². The Bertz CT molecular complexity index is 559. The molecule has 0 radical (unpaired) electrons. The SMILES string of the molecule is Cc1ccc(N2C[C@@H](C(=O)N[C@@H](C)C#N)CC2=O)cc1. The number of anilines is 1. The summed E-state index contributed by atoms with van der Waals surface area (Å²) >= 11 is 0. The van der Waals surface area contributed by atoms with Gasteiger partial charge in [0.2, 0.25) is 11.8 Å². The smallest absolute Gasteiger partial charge is 0.227 e. The molecule has 1 aromatic carbocycles. The van der Waals surface area contributed by atoms with Gasteiger partial charge in [0.15, 0.2) is 0 Å². The third-order valence-electron chi connectivity index (χ3n) is 3.39. The lowest BCUT2D eigenvalue weighted by atomic mass is 10.1. The molecule has 2 atom stereocenters. The van der Waals surface area contributed by atoms with Crippen molar-refractivity contribution in [3.05, 3.63) is 29.8 Å². The molecule has 0 bridgehead atoms. The molecule has 1 fully saturated rings.